The van der Waals surface area contributed by atoms with E-state index in [1.54, 1.807) is 29.8 Å². The van der Waals surface area contributed by atoms with Gasteiger partial charge in [0.15, 0.2) is 0 Å². The predicted molar refractivity (Wildman–Crippen MR) is 75.9 cm³/mol. The first-order valence-electron chi connectivity index (χ1n) is 5.18. The molecule has 2 heterocycles. The Morgan fingerprint density at radius 2 is 2.41 bits per heavy atom. The van der Waals surface area contributed by atoms with Gasteiger partial charge in [-0.25, -0.2) is 4.98 Å². The van der Waals surface area contributed by atoms with Crippen LogP contribution in [0.1, 0.15) is 15.9 Å². The molecule has 2 aromatic rings. The van der Waals surface area contributed by atoms with Crippen LogP contribution < -0.4 is 5.32 Å². The summed E-state index contributed by atoms with van der Waals surface area (Å²) in [6.45, 7) is 1.52. The summed E-state index contributed by atoms with van der Waals surface area (Å²) in [7, 11) is 1.71. The molecule has 0 aliphatic heterocycles. The Morgan fingerprint density at radius 1 is 1.53 bits per heavy atom. The molecule has 92 valence electrons. The van der Waals surface area contributed by atoms with Crippen LogP contribution in [0.5, 0.6) is 0 Å². The van der Waals surface area contributed by atoms with Gasteiger partial charge in [-0.2, -0.15) is 0 Å². The van der Waals surface area contributed by atoms with Crippen LogP contribution >= 0.6 is 38.6 Å². The molecule has 2 aromatic heterocycles. The smallest absolute Gasteiger partial charge is 0.115 e. The number of thiophene rings is 1. The summed E-state index contributed by atoms with van der Waals surface area (Å²) in [5, 5.41) is 6.56. The minimum absolute atomic E-state index is 0.168. The van der Waals surface area contributed by atoms with Gasteiger partial charge in [0.2, 0.25) is 0 Å². The van der Waals surface area contributed by atoms with Crippen molar-refractivity contribution in [2.45, 2.75) is 6.04 Å². The average Bonchev–Trinajstić information content (AvgIpc) is 2.96. The maximum Gasteiger partial charge on any atom is 0.115 e. The average molecular weight is 333 g/mol. The third-order valence-electron chi connectivity index (χ3n) is 2.23. The zero-order valence-corrected chi connectivity index (χ0v) is 12.6. The van der Waals surface area contributed by atoms with E-state index in [-0.39, 0.29) is 6.04 Å². The molecule has 0 radical (unpaired) electrons. The van der Waals surface area contributed by atoms with Crippen molar-refractivity contribution in [1.82, 2.24) is 10.3 Å². The molecule has 17 heavy (non-hydrogen) atoms. The fourth-order valence-electron chi connectivity index (χ4n) is 1.48. The molecule has 0 aliphatic rings. The highest BCUT2D eigenvalue weighted by atomic mass is 79.9. The molecule has 0 fully saturated rings. The minimum Gasteiger partial charge on any atom is -0.383 e. The van der Waals surface area contributed by atoms with E-state index in [0.29, 0.717) is 6.61 Å². The van der Waals surface area contributed by atoms with Crippen molar-refractivity contribution in [3.8, 4) is 0 Å². The second-order valence-corrected chi connectivity index (χ2v) is 6.81. The number of methoxy groups -OCH3 is 1. The molecule has 1 unspecified atom stereocenters. The number of rotatable bonds is 6. The van der Waals surface area contributed by atoms with Crippen LogP contribution in [0.3, 0.4) is 0 Å². The highest BCUT2D eigenvalue weighted by molar-refractivity contribution is 9.11. The van der Waals surface area contributed by atoms with Crippen molar-refractivity contribution in [3.05, 3.63) is 37.4 Å². The lowest BCUT2D eigenvalue weighted by molar-refractivity contribution is 0.197. The Morgan fingerprint density at radius 3 is 3.00 bits per heavy atom. The summed E-state index contributed by atoms with van der Waals surface area (Å²) in [4.78, 5) is 5.65. The largest absolute Gasteiger partial charge is 0.383 e. The van der Waals surface area contributed by atoms with Crippen LogP contribution in [0.25, 0.3) is 0 Å². The third-order valence-corrected chi connectivity index (χ3v) is 4.76. The third kappa shape index (κ3) is 3.59. The van der Waals surface area contributed by atoms with E-state index in [1.165, 1.54) is 4.88 Å². The van der Waals surface area contributed by atoms with Gasteiger partial charge in [0.1, 0.15) is 5.01 Å². The summed E-state index contributed by atoms with van der Waals surface area (Å²) in [6.07, 6.45) is 1.84. The Bertz CT molecular complexity index is 444. The molecule has 2 rings (SSSR count). The molecule has 0 saturated carbocycles. The standard InChI is InChI=1S/C11H13BrN2OS2/c1-15-6-4-13-10(11-14-5-7-16-11)8-2-3-9(12)17-8/h2-3,5,7,10,13H,4,6H2,1H3. The summed E-state index contributed by atoms with van der Waals surface area (Å²) in [5.74, 6) is 0. The van der Waals surface area contributed by atoms with Crippen molar-refractivity contribution in [2.24, 2.45) is 0 Å². The number of aromatic nitrogens is 1. The van der Waals surface area contributed by atoms with Crippen LogP contribution in [0.2, 0.25) is 0 Å². The van der Waals surface area contributed by atoms with Gasteiger partial charge in [-0.15, -0.1) is 22.7 Å². The van der Waals surface area contributed by atoms with Crippen molar-refractivity contribution >= 4 is 38.6 Å². The van der Waals surface area contributed by atoms with Crippen molar-refractivity contribution < 1.29 is 4.74 Å². The number of halogens is 1. The van der Waals surface area contributed by atoms with Crippen LogP contribution in [0.4, 0.5) is 0 Å². The van der Waals surface area contributed by atoms with E-state index >= 15 is 0 Å². The summed E-state index contributed by atoms with van der Waals surface area (Å²) >= 11 is 6.90. The number of hydrogen-bond donors (Lipinski definition) is 1. The SMILES string of the molecule is COCCNC(c1ccc(Br)s1)c1nccs1. The summed E-state index contributed by atoms with van der Waals surface area (Å²) in [6, 6.07) is 4.36. The zero-order valence-electron chi connectivity index (χ0n) is 9.35. The maximum atomic E-state index is 5.07. The molecule has 1 atom stereocenters. The van der Waals surface area contributed by atoms with E-state index in [1.807, 2.05) is 11.6 Å². The van der Waals surface area contributed by atoms with Gasteiger partial charge in [0.25, 0.3) is 0 Å². The predicted octanol–water partition coefficient (Wildman–Crippen LogP) is 3.29. The number of nitrogens with zero attached hydrogens (tertiary/aromatic N) is 1. The minimum atomic E-state index is 0.168. The normalized spacial score (nSPS) is 12.8. The van der Waals surface area contributed by atoms with Crippen LogP contribution in [0, 0.1) is 0 Å². The van der Waals surface area contributed by atoms with Gasteiger partial charge in [0, 0.05) is 30.1 Å². The highest BCUT2D eigenvalue weighted by Crippen LogP contribution is 2.31. The first kappa shape index (κ1) is 13.2. The molecular weight excluding hydrogens is 320 g/mol. The Hall–Kier alpha value is -0.270. The first-order valence-corrected chi connectivity index (χ1v) is 7.67. The van der Waals surface area contributed by atoms with Gasteiger partial charge in [-0.3, -0.25) is 0 Å². The Kier molecular flexibility index (Phi) is 5.12. The van der Waals surface area contributed by atoms with Crippen LogP contribution in [-0.4, -0.2) is 25.2 Å². The van der Waals surface area contributed by atoms with E-state index in [4.69, 9.17) is 4.74 Å². The molecule has 0 aromatic carbocycles. The fraction of sp³-hybridized carbons (Fsp3) is 0.364. The van der Waals surface area contributed by atoms with Crippen molar-refractivity contribution in [1.29, 1.82) is 0 Å². The van der Waals surface area contributed by atoms with Gasteiger partial charge in [-0.1, -0.05) is 0 Å². The second kappa shape index (κ2) is 6.61. The molecular formula is C11H13BrN2OS2. The van der Waals surface area contributed by atoms with Gasteiger partial charge in [-0.05, 0) is 28.1 Å². The van der Waals surface area contributed by atoms with Gasteiger partial charge < -0.3 is 10.1 Å². The quantitative estimate of drug-likeness (QED) is 0.824. The van der Waals surface area contributed by atoms with Gasteiger partial charge in [0.05, 0.1) is 16.4 Å². The van der Waals surface area contributed by atoms with Crippen molar-refractivity contribution in [2.75, 3.05) is 20.3 Å². The topological polar surface area (TPSA) is 34.1 Å². The van der Waals surface area contributed by atoms with E-state index in [0.717, 1.165) is 15.3 Å². The number of nitrogens with one attached hydrogen (secondary N) is 1. The fourth-order valence-corrected chi connectivity index (χ4v) is 3.78. The number of hydrogen-bond acceptors (Lipinski definition) is 5. The maximum absolute atomic E-state index is 5.07. The molecule has 1 N–H and O–H groups in total. The van der Waals surface area contributed by atoms with E-state index < -0.39 is 0 Å². The van der Waals surface area contributed by atoms with Gasteiger partial charge >= 0.3 is 0 Å². The lowest BCUT2D eigenvalue weighted by atomic mass is 10.2. The lowest BCUT2D eigenvalue weighted by Crippen LogP contribution is -2.25. The molecule has 3 nitrogen and oxygen atoms in total. The van der Waals surface area contributed by atoms with Crippen LogP contribution in [-0.2, 0) is 4.74 Å². The summed E-state index contributed by atoms with van der Waals surface area (Å²) < 4.78 is 6.21. The Labute approximate surface area is 117 Å². The molecule has 0 spiro atoms. The second-order valence-electron chi connectivity index (χ2n) is 3.39. The zero-order chi connectivity index (χ0) is 12.1. The molecule has 0 aliphatic carbocycles. The summed E-state index contributed by atoms with van der Waals surface area (Å²) in [5.41, 5.74) is 0. The lowest BCUT2D eigenvalue weighted by Gasteiger charge is -2.14. The first-order chi connectivity index (χ1) is 8.31. The van der Waals surface area contributed by atoms with E-state index in [9.17, 15) is 0 Å². The van der Waals surface area contributed by atoms with Crippen molar-refractivity contribution in [3.63, 3.8) is 0 Å². The number of ether oxygens (including phenoxy) is 1. The molecule has 0 bridgehead atoms. The molecule has 0 amide bonds. The van der Waals surface area contributed by atoms with E-state index in [2.05, 4.69) is 38.4 Å². The van der Waals surface area contributed by atoms with Crippen LogP contribution in [0.15, 0.2) is 27.5 Å². The molecule has 6 heteroatoms. The highest BCUT2D eigenvalue weighted by Gasteiger charge is 2.17. The monoisotopic (exact) mass is 332 g/mol. The number of thiazole rings is 1. The Balaban J connectivity index is 2.13. The molecule has 0 saturated heterocycles.